The molecule has 5 aliphatic carbocycles. The molecule has 0 radical (unpaired) electrons. The van der Waals surface area contributed by atoms with E-state index in [1.54, 1.807) is 6.07 Å². The summed E-state index contributed by atoms with van der Waals surface area (Å²) in [7, 11) is 0. The summed E-state index contributed by atoms with van der Waals surface area (Å²) in [5.74, 6) is 3.99. The van der Waals surface area contributed by atoms with Gasteiger partial charge in [0.2, 0.25) is 0 Å². The lowest BCUT2D eigenvalue weighted by Crippen LogP contribution is -2.55. The fourth-order valence-corrected chi connectivity index (χ4v) is 7.64. The molecule has 5 nitrogen and oxygen atoms in total. The molecule has 0 atom stereocenters. The van der Waals surface area contributed by atoms with E-state index in [2.05, 4.69) is 10.6 Å². The summed E-state index contributed by atoms with van der Waals surface area (Å²) in [6.07, 6.45) is 9.35. The second-order valence-corrected chi connectivity index (χ2v) is 11.7. The maximum Gasteiger partial charge on any atom is 0.272 e. The monoisotopic (exact) mass is 486 g/mol. The van der Waals surface area contributed by atoms with Crippen molar-refractivity contribution in [3.8, 4) is 5.69 Å². The molecule has 176 valence electrons. The Hall–Kier alpha value is -1.56. The highest BCUT2D eigenvalue weighted by Gasteiger charge is 2.47. The first kappa shape index (κ1) is 21.9. The minimum atomic E-state index is -0.106. The van der Waals surface area contributed by atoms with E-state index >= 15 is 0 Å². The van der Waals surface area contributed by atoms with Gasteiger partial charge in [-0.1, -0.05) is 23.2 Å². The first-order chi connectivity index (χ1) is 16.0. The molecule has 1 heterocycles. The summed E-state index contributed by atoms with van der Waals surface area (Å²) in [6.45, 7) is 3.44. The van der Waals surface area contributed by atoms with Crippen molar-refractivity contribution < 1.29 is 4.79 Å². The van der Waals surface area contributed by atoms with Gasteiger partial charge in [0.1, 0.15) is 0 Å². The van der Waals surface area contributed by atoms with Crippen molar-refractivity contribution in [3.05, 3.63) is 45.2 Å². The van der Waals surface area contributed by atoms with Gasteiger partial charge in [-0.25, -0.2) is 4.68 Å². The van der Waals surface area contributed by atoms with Crippen molar-refractivity contribution in [1.29, 1.82) is 0 Å². The Kier molecular flexibility index (Phi) is 5.71. The molecule has 0 unspecified atom stereocenters. The molecule has 7 heteroatoms. The summed E-state index contributed by atoms with van der Waals surface area (Å²) < 4.78 is 1.85. The SMILES string of the molecule is Cc1c(C(=O)NCCNC2[C@H]3C[C@@H]4C[C@@H](C[C@H]2C4)C3)nn(-c2ccc(Cl)cc2Cl)c1C1CC1. The zero-order valence-electron chi connectivity index (χ0n) is 19.1. The average molecular weight is 487 g/mol. The Morgan fingerprint density at radius 3 is 2.39 bits per heavy atom. The minimum Gasteiger partial charge on any atom is -0.349 e. The van der Waals surface area contributed by atoms with Gasteiger partial charge in [-0.15, -0.1) is 0 Å². The third-order valence-corrected chi connectivity index (χ3v) is 9.04. The molecule has 0 saturated heterocycles. The number of carbonyl (C=O) groups is 1. The number of nitrogens with zero attached hydrogens (tertiary/aromatic N) is 2. The van der Waals surface area contributed by atoms with E-state index < -0.39 is 0 Å². The molecule has 0 aliphatic heterocycles. The Labute approximate surface area is 205 Å². The maximum atomic E-state index is 13.1. The summed E-state index contributed by atoms with van der Waals surface area (Å²) in [4.78, 5) is 13.1. The van der Waals surface area contributed by atoms with E-state index in [9.17, 15) is 4.79 Å². The lowest BCUT2D eigenvalue weighted by Gasteiger charge is -2.54. The van der Waals surface area contributed by atoms with E-state index in [0.29, 0.717) is 34.2 Å². The van der Waals surface area contributed by atoms with Gasteiger partial charge < -0.3 is 10.6 Å². The van der Waals surface area contributed by atoms with Crippen LogP contribution in [0.3, 0.4) is 0 Å². The lowest BCUT2D eigenvalue weighted by atomic mass is 9.54. The highest BCUT2D eigenvalue weighted by molar-refractivity contribution is 6.35. The number of nitrogens with one attached hydrogen (secondary N) is 2. The average Bonchev–Trinajstić information content (AvgIpc) is 3.54. The van der Waals surface area contributed by atoms with Gasteiger partial charge in [-0.05, 0) is 93.7 Å². The summed E-state index contributed by atoms with van der Waals surface area (Å²) in [5.41, 5.74) is 3.32. The summed E-state index contributed by atoms with van der Waals surface area (Å²) in [6, 6.07) is 6.05. The van der Waals surface area contributed by atoms with Crippen LogP contribution in [0.5, 0.6) is 0 Å². The highest BCUT2D eigenvalue weighted by Crippen LogP contribution is 2.53. The zero-order chi connectivity index (χ0) is 22.7. The Morgan fingerprint density at radius 1 is 1.06 bits per heavy atom. The van der Waals surface area contributed by atoms with Crippen molar-refractivity contribution in [3.63, 3.8) is 0 Å². The van der Waals surface area contributed by atoms with Crippen molar-refractivity contribution >= 4 is 29.1 Å². The minimum absolute atomic E-state index is 0.106. The van der Waals surface area contributed by atoms with Crippen LogP contribution in [0.2, 0.25) is 10.0 Å². The second kappa shape index (κ2) is 8.58. The van der Waals surface area contributed by atoms with Gasteiger partial charge in [-0.2, -0.15) is 5.10 Å². The molecule has 2 N–H and O–H groups in total. The van der Waals surface area contributed by atoms with Gasteiger partial charge in [0.25, 0.3) is 5.91 Å². The zero-order valence-corrected chi connectivity index (χ0v) is 20.6. The number of hydrogen-bond donors (Lipinski definition) is 2. The van der Waals surface area contributed by atoms with E-state index in [4.69, 9.17) is 28.3 Å². The highest BCUT2D eigenvalue weighted by atomic mass is 35.5. The molecule has 33 heavy (non-hydrogen) atoms. The molecule has 0 spiro atoms. The predicted octanol–water partition coefficient (Wildman–Crippen LogP) is 5.51. The van der Waals surface area contributed by atoms with E-state index in [1.807, 2.05) is 23.7 Å². The number of aromatic nitrogens is 2. The molecule has 1 aromatic carbocycles. The van der Waals surface area contributed by atoms with Crippen LogP contribution in [0.4, 0.5) is 0 Å². The van der Waals surface area contributed by atoms with Crippen molar-refractivity contribution in [1.82, 2.24) is 20.4 Å². The summed E-state index contributed by atoms with van der Waals surface area (Å²) >= 11 is 12.6. The fraction of sp³-hybridized carbons (Fsp3) is 0.615. The van der Waals surface area contributed by atoms with Gasteiger partial charge >= 0.3 is 0 Å². The molecule has 5 aliphatic rings. The number of rotatable bonds is 7. The van der Waals surface area contributed by atoms with E-state index in [0.717, 1.165) is 60.0 Å². The third kappa shape index (κ3) is 4.11. The van der Waals surface area contributed by atoms with Crippen LogP contribution in [-0.4, -0.2) is 34.8 Å². The van der Waals surface area contributed by atoms with Gasteiger partial charge in [0.05, 0.1) is 16.4 Å². The van der Waals surface area contributed by atoms with Crippen LogP contribution in [0, 0.1) is 30.6 Å². The molecule has 1 amide bonds. The fourth-order valence-electron chi connectivity index (χ4n) is 7.15. The standard InChI is InChI=1S/C26H32Cl2N4O/c1-14-23(31-32(25(14)17-2-3-17)22-5-4-20(27)13-21(22)28)26(33)30-7-6-29-24-18-9-15-8-16(11-18)12-19(24)10-15/h4-5,13,15-19,24,29H,2-3,6-12H2,1H3,(H,30,33)/t15-,16+,18-,19+,24?. The molecular formula is C26H32Cl2N4O. The van der Waals surface area contributed by atoms with Crippen molar-refractivity contribution in [2.75, 3.05) is 13.1 Å². The van der Waals surface area contributed by atoms with Crippen LogP contribution >= 0.6 is 23.2 Å². The maximum absolute atomic E-state index is 13.1. The van der Waals surface area contributed by atoms with Gasteiger partial charge in [-0.3, -0.25) is 4.79 Å². The quantitative estimate of drug-likeness (QED) is 0.507. The smallest absolute Gasteiger partial charge is 0.272 e. The van der Waals surface area contributed by atoms with E-state index in [1.165, 1.54) is 32.1 Å². The molecular weight excluding hydrogens is 455 g/mol. The largest absolute Gasteiger partial charge is 0.349 e. The Bertz CT molecular complexity index is 1050. The molecule has 7 rings (SSSR count). The third-order valence-electron chi connectivity index (χ3n) is 8.50. The number of carbonyl (C=O) groups excluding carboxylic acids is 1. The van der Waals surface area contributed by atoms with Crippen LogP contribution in [0.25, 0.3) is 5.69 Å². The molecule has 5 saturated carbocycles. The summed E-state index contributed by atoms with van der Waals surface area (Å²) in [5, 5.41) is 12.8. The molecule has 5 fully saturated rings. The number of hydrogen-bond acceptors (Lipinski definition) is 3. The normalized spacial score (nSPS) is 30.1. The Balaban J connectivity index is 1.12. The molecule has 4 bridgehead atoms. The number of amides is 1. The second-order valence-electron chi connectivity index (χ2n) is 10.8. The van der Waals surface area contributed by atoms with E-state index in [-0.39, 0.29) is 5.91 Å². The predicted molar refractivity (Wildman–Crippen MR) is 131 cm³/mol. The van der Waals surface area contributed by atoms with Gasteiger partial charge in [0.15, 0.2) is 5.69 Å². The lowest BCUT2D eigenvalue weighted by molar-refractivity contribution is -0.0133. The number of halogens is 2. The van der Waals surface area contributed by atoms with Crippen LogP contribution in [0.1, 0.15) is 72.6 Å². The van der Waals surface area contributed by atoms with Crippen molar-refractivity contribution in [2.24, 2.45) is 23.7 Å². The molecule has 2 aromatic rings. The first-order valence-electron chi connectivity index (χ1n) is 12.5. The van der Waals surface area contributed by atoms with Crippen LogP contribution in [-0.2, 0) is 0 Å². The Morgan fingerprint density at radius 2 is 1.76 bits per heavy atom. The van der Waals surface area contributed by atoms with Gasteiger partial charge in [0, 0.05) is 35.6 Å². The van der Waals surface area contributed by atoms with Crippen LogP contribution < -0.4 is 10.6 Å². The first-order valence-corrected chi connectivity index (χ1v) is 13.3. The number of benzene rings is 1. The van der Waals surface area contributed by atoms with Crippen molar-refractivity contribution in [2.45, 2.75) is 63.8 Å². The molecule has 1 aromatic heterocycles. The van der Waals surface area contributed by atoms with Crippen LogP contribution in [0.15, 0.2) is 18.2 Å². The topological polar surface area (TPSA) is 59.0 Å².